The van der Waals surface area contributed by atoms with Crippen LogP contribution in [0, 0.1) is 5.41 Å². The molecule has 0 aromatic rings. The Labute approximate surface area is 152 Å². The van der Waals surface area contributed by atoms with Crippen molar-refractivity contribution in [1.29, 1.82) is 0 Å². The van der Waals surface area contributed by atoms with Gasteiger partial charge < -0.3 is 15.4 Å². The first-order valence-electron chi connectivity index (χ1n) is 7.80. The highest BCUT2D eigenvalue weighted by Gasteiger charge is 2.27. The number of nitrogens with zero attached hydrogens (tertiary/aromatic N) is 1. The number of aliphatic imine (C=N–C) groups is 1. The molecule has 1 fully saturated rings. The molecule has 0 atom stereocenters. The Morgan fingerprint density at radius 2 is 1.82 bits per heavy atom. The topological polar surface area (TPSA) is 62.7 Å². The van der Waals surface area contributed by atoms with Crippen LogP contribution in [0.25, 0.3) is 0 Å². The van der Waals surface area contributed by atoms with Crippen molar-refractivity contribution in [2.24, 2.45) is 10.4 Å². The number of ether oxygens (including phenoxy) is 1. The average Bonchev–Trinajstić information content (AvgIpc) is 2.34. The first kappa shape index (κ1) is 21.5. The second-order valence-corrected chi connectivity index (χ2v) is 7.60. The Bertz CT molecular complexity index is 379. The highest BCUT2D eigenvalue weighted by molar-refractivity contribution is 14.0. The predicted octanol–water partition coefficient (Wildman–Crippen LogP) is 3.08. The van der Waals surface area contributed by atoms with Crippen LogP contribution in [0.2, 0.25) is 0 Å². The van der Waals surface area contributed by atoms with Crippen LogP contribution in [-0.2, 0) is 9.53 Å². The molecule has 0 spiro atoms. The zero-order valence-corrected chi connectivity index (χ0v) is 17.1. The summed E-state index contributed by atoms with van der Waals surface area (Å²) in [6.07, 6.45) is 4.71. The van der Waals surface area contributed by atoms with Gasteiger partial charge in [0.1, 0.15) is 12.1 Å². The van der Waals surface area contributed by atoms with Crippen LogP contribution in [0.15, 0.2) is 4.99 Å². The van der Waals surface area contributed by atoms with E-state index in [2.05, 4.69) is 29.5 Å². The van der Waals surface area contributed by atoms with Gasteiger partial charge in [-0.25, -0.2) is 0 Å². The molecule has 0 amide bonds. The first-order chi connectivity index (χ1) is 9.61. The minimum Gasteiger partial charge on any atom is -0.459 e. The summed E-state index contributed by atoms with van der Waals surface area (Å²) in [4.78, 5) is 15.9. The summed E-state index contributed by atoms with van der Waals surface area (Å²) >= 11 is 0. The van der Waals surface area contributed by atoms with E-state index in [1.807, 2.05) is 20.8 Å². The van der Waals surface area contributed by atoms with E-state index >= 15 is 0 Å². The van der Waals surface area contributed by atoms with Crippen molar-refractivity contribution >= 4 is 35.9 Å². The second-order valence-electron chi connectivity index (χ2n) is 7.60. The van der Waals surface area contributed by atoms with Crippen LogP contribution in [0.5, 0.6) is 0 Å². The molecule has 2 N–H and O–H groups in total. The lowest BCUT2D eigenvalue weighted by atomic mass is 9.75. The molecule has 5 nitrogen and oxygen atoms in total. The van der Waals surface area contributed by atoms with Crippen molar-refractivity contribution in [1.82, 2.24) is 10.6 Å². The predicted molar refractivity (Wildman–Crippen MR) is 102 cm³/mol. The molecular weight excluding hydrogens is 393 g/mol. The number of guanidine groups is 1. The fourth-order valence-electron chi connectivity index (χ4n) is 2.47. The van der Waals surface area contributed by atoms with E-state index in [4.69, 9.17) is 4.74 Å². The van der Waals surface area contributed by atoms with Crippen LogP contribution >= 0.6 is 24.0 Å². The molecule has 1 rings (SSSR count). The molecule has 0 aliphatic heterocycles. The molecule has 0 bridgehead atoms. The number of esters is 1. The Hall–Kier alpha value is -0.530. The molecule has 0 aromatic heterocycles. The van der Waals surface area contributed by atoms with Gasteiger partial charge in [0.25, 0.3) is 0 Å². The Morgan fingerprint density at radius 1 is 1.27 bits per heavy atom. The van der Waals surface area contributed by atoms with Gasteiger partial charge in [0.05, 0.1) is 0 Å². The Kier molecular flexibility index (Phi) is 8.72. The van der Waals surface area contributed by atoms with E-state index in [1.165, 1.54) is 12.8 Å². The van der Waals surface area contributed by atoms with Crippen molar-refractivity contribution in [2.75, 3.05) is 13.6 Å². The fourth-order valence-corrected chi connectivity index (χ4v) is 2.47. The molecule has 0 saturated heterocycles. The maximum Gasteiger partial charge on any atom is 0.325 e. The molecule has 0 radical (unpaired) electrons. The van der Waals surface area contributed by atoms with Gasteiger partial charge in [0.15, 0.2) is 5.96 Å². The third-order valence-electron chi connectivity index (χ3n) is 3.72. The summed E-state index contributed by atoms with van der Waals surface area (Å²) in [5.74, 6) is 0.404. The molecule has 0 unspecified atom stereocenters. The number of halogens is 1. The van der Waals surface area contributed by atoms with E-state index in [9.17, 15) is 4.79 Å². The summed E-state index contributed by atoms with van der Waals surface area (Å²) < 4.78 is 5.27. The number of carbonyl (C=O) groups is 1. The summed E-state index contributed by atoms with van der Waals surface area (Å²) in [5.41, 5.74) is -0.00366. The standard InChI is InChI=1S/C16H31N3O2.HI/c1-15(2,3)21-13(20)11-18-14(17-6)19-12-7-9-16(4,5)10-8-12;/h12H,7-11H2,1-6H3,(H2,17,18,19);1H. The zero-order chi connectivity index (χ0) is 16.1. The van der Waals surface area contributed by atoms with Gasteiger partial charge in [-0.2, -0.15) is 0 Å². The zero-order valence-electron chi connectivity index (χ0n) is 14.8. The number of rotatable bonds is 3. The van der Waals surface area contributed by atoms with Gasteiger partial charge in [-0.15, -0.1) is 24.0 Å². The Balaban J connectivity index is 0.00000441. The Morgan fingerprint density at radius 3 is 2.27 bits per heavy atom. The highest BCUT2D eigenvalue weighted by Crippen LogP contribution is 2.34. The smallest absolute Gasteiger partial charge is 0.325 e. The number of hydrogen-bond acceptors (Lipinski definition) is 3. The van der Waals surface area contributed by atoms with Gasteiger partial charge in [0, 0.05) is 13.1 Å². The van der Waals surface area contributed by atoms with Crippen molar-refractivity contribution in [3.8, 4) is 0 Å². The molecule has 6 heteroatoms. The van der Waals surface area contributed by atoms with Crippen molar-refractivity contribution in [3.63, 3.8) is 0 Å². The quantitative estimate of drug-likeness (QED) is 0.316. The van der Waals surface area contributed by atoms with Crippen LogP contribution < -0.4 is 10.6 Å². The maximum absolute atomic E-state index is 11.7. The minimum absolute atomic E-state index is 0. The maximum atomic E-state index is 11.7. The first-order valence-corrected chi connectivity index (χ1v) is 7.80. The summed E-state index contributed by atoms with van der Waals surface area (Å²) in [5, 5.41) is 6.42. The van der Waals surface area contributed by atoms with Gasteiger partial charge in [-0.1, -0.05) is 13.8 Å². The third-order valence-corrected chi connectivity index (χ3v) is 3.72. The van der Waals surface area contributed by atoms with Gasteiger partial charge in [-0.3, -0.25) is 9.79 Å². The molecule has 130 valence electrons. The molecule has 1 aliphatic rings. The van der Waals surface area contributed by atoms with Crippen molar-refractivity contribution in [2.45, 2.75) is 71.9 Å². The molecule has 1 saturated carbocycles. The molecule has 0 aromatic carbocycles. The molecule has 0 heterocycles. The normalized spacial score (nSPS) is 19.1. The van der Waals surface area contributed by atoms with Crippen molar-refractivity contribution in [3.05, 3.63) is 0 Å². The SMILES string of the molecule is CN=C(NCC(=O)OC(C)(C)C)NC1CCC(C)(C)CC1.I. The van der Waals surface area contributed by atoms with Crippen LogP contribution in [0.4, 0.5) is 0 Å². The lowest BCUT2D eigenvalue weighted by Gasteiger charge is -2.35. The van der Waals surface area contributed by atoms with Crippen LogP contribution in [0.3, 0.4) is 0 Å². The van der Waals surface area contributed by atoms with Crippen molar-refractivity contribution < 1.29 is 9.53 Å². The largest absolute Gasteiger partial charge is 0.459 e. The van der Waals surface area contributed by atoms with E-state index in [1.54, 1.807) is 7.05 Å². The average molecular weight is 425 g/mol. The molecule has 22 heavy (non-hydrogen) atoms. The second kappa shape index (κ2) is 8.93. The lowest BCUT2D eigenvalue weighted by molar-refractivity contribution is -0.153. The third kappa shape index (κ3) is 8.80. The lowest BCUT2D eigenvalue weighted by Crippen LogP contribution is -2.47. The van der Waals surface area contributed by atoms with Gasteiger partial charge in [0.2, 0.25) is 0 Å². The minimum atomic E-state index is -0.454. The van der Waals surface area contributed by atoms with E-state index in [0.717, 1.165) is 12.8 Å². The number of nitrogens with one attached hydrogen (secondary N) is 2. The fraction of sp³-hybridized carbons (Fsp3) is 0.875. The van der Waals surface area contributed by atoms with E-state index in [-0.39, 0.29) is 36.5 Å². The van der Waals surface area contributed by atoms with E-state index in [0.29, 0.717) is 17.4 Å². The van der Waals surface area contributed by atoms with Crippen LogP contribution in [0.1, 0.15) is 60.3 Å². The van der Waals surface area contributed by atoms with E-state index < -0.39 is 5.60 Å². The molecular formula is C16H32IN3O2. The van der Waals surface area contributed by atoms with Gasteiger partial charge >= 0.3 is 5.97 Å². The van der Waals surface area contributed by atoms with Crippen LogP contribution in [-0.4, -0.2) is 37.2 Å². The molecule has 1 aliphatic carbocycles. The summed E-state index contributed by atoms with van der Waals surface area (Å²) in [7, 11) is 1.72. The van der Waals surface area contributed by atoms with Gasteiger partial charge in [-0.05, 0) is 51.9 Å². The highest BCUT2D eigenvalue weighted by atomic mass is 127. The number of hydrogen-bond donors (Lipinski definition) is 2. The number of carbonyl (C=O) groups excluding carboxylic acids is 1. The summed E-state index contributed by atoms with van der Waals surface area (Å²) in [6, 6.07) is 0.433. The summed E-state index contributed by atoms with van der Waals surface area (Å²) in [6.45, 7) is 10.4. The monoisotopic (exact) mass is 425 g/mol.